The standard InChI is InChI=1S/C18H27N3O4S.ClH/c1-13(2)12-16(22)20-14-4-6-15(7-5-14)21-17(23)18(26(3,24)25)8-10-19-11-9-18;/h4-7,13,19H,8-12H2,1-3H3,(H,20,22)(H,21,23);1H. The van der Waals surface area contributed by atoms with Crippen molar-refractivity contribution in [1.82, 2.24) is 5.32 Å². The number of anilines is 2. The predicted octanol–water partition coefficient (Wildman–Crippen LogP) is 2.20. The van der Waals surface area contributed by atoms with E-state index in [1.807, 2.05) is 13.8 Å². The summed E-state index contributed by atoms with van der Waals surface area (Å²) < 4.78 is 23.1. The fourth-order valence-electron chi connectivity index (χ4n) is 3.06. The minimum atomic E-state index is -3.55. The third-order valence-electron chi connectivity index (χ3n) is 4.55. The van der Waals surface area contributed by atoms with Crippen LogP contribution in [0.4, 0.5) is 11.4 Å². The molecule has 7 nitrogen and oxygen atoms in total. The van der Waals surface area contributed by atoms with E-state index >= 15 is 0 Å². The number of hydrogen-bond acceptors (Lipinski definition) is 5. The number of amides is 2. The summed E-state index contributed by atoms with van der Waals surface area (Å²) in [5.74, 6) is -0.300. The third-order valence-corrected chi connectivity index (χ3v) is 6.57. The molecule has 0 radical (unpaired) electrons. The lowest BCUT2D eigenvalue weighted by atomic mass is 9.95. The van der Waals surface area contributed by atoms with Gasteiger partial charge in [0.25, 0.3) is 0 Å². The Kier molecular flexibility index (Phi) is 8.25. The highest BCUT2D eigenvalue weighted by Crippen LogP contribution is 2.29. The van der Waals surface area contributed by atoms with Crippen LogP contribution in [-0.2, 0) is 19.4 Å². The Morgan fingerprint density at radius 1 is 1.07 bits per heavy atom. The van der Waals surface area contributed by atoms with E-state index in [2.05, 4.69) is 16.0 Å². The number of carbonyl (C=O) groups is 2. The van der Waals surface area contributed by atoms with Gasteiger partial charge in [-0.1, -0.05) is 13.8 Å². The van der Waals surface area contributed by atoms with Crippen LogP contribution in [0.2, 0.25) is 0 Å². The highest BCUT2D eigenvalue weighted by Gasteiger charge is 2.48. The van der Waals surface area contributed by atoms with Crippen LogP contribution in [0.3, 0.4) is 0 Å². The normalized spacial score (nSPS) is 16.3. The van der Waals surface area contributed by atoms with Crippen LogP contribution in [0.5, 0.6) is 0 Å². The zero-order valence-corrected chi connectivity index (χ0v) is 17.5. The van der Waals surface area contributed by atoms with E-state index in [1.165, 1.54) is 0 Å². The second kappa shape index (κ2) is 9.52. The molecule has 27 heavy (non-hydrogen) atoms. The van der Waals surface area contributed by atoms with Gasteiger partial charge >= 0.3 is 0 Å². The van der Waals surface area contributed by atoms with E-state index in [0.29, 0.717) is 30.9 Å². The molecule has 3 N–H and O–H groups in total. The zero-order valence-electron chi connectivity index (χ0n) is 15.9. The summed E-state index contributed by atoms with van der Waals surface area (Å²) in [7, 11) is -3.55. The van der Waals surface area contributed by atoms with Crippen LogP contribution in [-0.4, -0.2) is 44.3 Å². The summed E-state index contributed by atoms with van der Waals surface area (Å²) in [5, 5.41) is 8.59. The molecule has 1 aliphatic heterocycles. The van der Waals surface area contributed by atoms with E-state index in [0.717, 1.165) is 6.26 Å². The smallest absolute Gasteiger partial charge is 0.245 e. The molecular weight excluding hydrogens is 390 g/mol. The van der Waals surface area contributed by atoms with Crippen LogP contribution >= 0.6 is 12.4 Å². The van der Waals surface area contributed by atoms with E-state index in [4.69, 9.17) is 0 Å². The Hall–Kier alpha value is -1.64. The number of benzene rings is 1. The Morgan fingerprint density at radius 3 is 2.00 bits per heavy atom. The van der Waals surface area contributed by atoms with E-state index in [-0.39, 0.29) is 37.1 Å². The Labute approximate surface area is 167 Å². The molecule has 1 aliphatic rings. The topological polar surface area (TPSA) is 104 Å². The molecule has 1 heterocycles. The number of halogens is 1. The van der Waals surface area contributed by atoms with Gasteiger partial charge in [0.1, 0.15) is 0 Å². The molecule has 0 atom stereocenters. The van der Waals surface area contributed by atoms with E-state index < -0.39 is 20.5 Å². The first kappa shape index (κ1) is 23.4. The van der Waals surface area contributed by atoms with Crippen LogP contribution in [0.25, 0.3) is 0 Å². The van der Waals surface area contributed by atoms with E-state index in [9.17, 15) is 18.0 Å². The van der Waals surface area contributed by atoms with Gasteiger partial charge in [0.2, 0.25) is 11.8 Å². The molecule has 9 heteroatoms. The predicted molar refractivity (Wildman–Crippen MR) is 110 cm³/mol. The molecule has 0 aliphatic carbocycles. The highest BCUT2D eigenvalue weighted by molar-refractivity contribution is 7.92. The summed E-state index contributed by atoms with van der Waals surface area (Å²) in [6.07, 6.45) is 2.05. The number of carbonyl (C=O) groups excluding carboxylic acids is 2. The van der Waals surface area contributed by atoms with Crippen molar-refractivity contribution >= 4 is 45.4 Å². The van der Waals surface area contributed by atoms with Gasteiger partial charge in [0, 0.05) is 24.1 Å². The summed E-state index contributed by atoms with van der Waals surface area (Å²) in [6, 6.07) is 6.67. The highest BCUT2D eigenvalue weighted by atomic mass is 35.5. The lowest BCUT2D eigenvalue weighted by Crippen LogP contribution is -2.55. The first-order chi connectivity index (χ1) is 12.1. The third kappa shape index (κ3) is 5.92. The van der Waals surface area contributed by atoms with Gasteiger partial charge < -0.3 is 16.0 Å². The maximum absolute atomic E-state index is 12.7. The number of piperidine rings is 1. The van der Waals surface area contributed by atoms with Gasteiger partial charge in [-0.15, -0.1) is 12.4 Å². The van der Waals surface area contributed by atoms with Crippen molar-refractivity contribution in [3.8, 4) is 0 Å². The average Bonchev–Trinajstić information content (AvgIpc) is 2.55. The molecule has 0 unspecified atom stereocenters. The minimum absolute atomic E-state index is 0. The quantitative estimate of drug-likeness (QED) is 0.658. The molecule has 0 saturated carbocycles. The van der Waals surface area contributed by atoms with Gasteiger partial charge in [0.15, 0.2) is 14.6 Å². The summed E-state index contributed by atoms with van der Waals surface area (Å²) in [5.41, 5.74) is 1.13. The monoisotopic (exact) mass is 417 g/mol. The van der Waals surface area contributed by atoms with Gasteiger partial charge in [0.05, 0.1) is 0 Å². The maximum atomic E-state index is 12.7. The Bertz CT molecular complexity index is 757. The number of nitrogens with one attached hydrogen (secondary N) is 3. The van der Waals surface area contributed by atoms with Gasteiger partial charge in [-0.2, -0.15) is 0 Å². The van der Waals surface area contributed by atoms with Crippen LogP contribution in [0, 0.1) is 5.92 Å². The van der Waals surface area contributed by atoms with Crippen LogP contribution in [0.1, 0.15) is 33.1 Å². The van der Waals surface area contributed by atoms with Crippen molar-refractivity contribution in [2.45, 2.75) is 37.9 Å². The lowest BCUT2D eigenvalue weighted by Gasteiger charge is -2.34. The molecule has 0 bridgehead atoms. The van der Waals surface area contributed by atoms with Crippen molar-refractivity contribution in [3.63, 3.8) is 0 Å². The second-order valence-electron chi connectivity index (χ2n) is 7.19. The van der Waals surface area contributed by atoms with E-state index in [1.54, 1.807) is 24.3 Å². The largest absolute Gasteiger partial charge is 0.326 e. The number of sulfone groups is 1. The molecule has 2 amide bonds. The Morgan fingerprint density at radius 2 is 1.56 bits per heavy atom. The first-order valence-electron chi connectivity index (χ1n) is 8.76. The van der Waals surface area contributed by atoms with Crippen molar-refractivity contribution in [1.29, 1.82) is 0 Å². The molecule has 1 aromatic rings. The van der Waals surface area contributed by atoms with Gasteiger partial charge in [-0.3, -0.25) is 9.59 Å². The summed E-state index contributed by atoms with van der Waals surface area (Å²) >= 11 is 0. The van der Waals surface area contributed by atoms with Gasteiger partial charge in [-0.05, 0) is 56.1 Å². The molecule has 1 fully saturated rings. The molecular formula is C18H28ClN3O4S. The Balaban J connectivity index is 0.00000364. The molecule has 1 aromatic carbocycles. The molecule has 2 rings (SSSR count). The fourth-order valence-corrected chi connectivity index (χ4v) is 4.40. The zero-order chi connectivity index (χ0) is 19.4. The number of rotatable bonds is 6. The lowest BCUT2D eigenvalue weighted by molar-refractivity contribution is -0.119. The minimum Gasteiger partial charge on any atom is -0.326 e. The number of hydrogen-bond donors (Lipinski definition) is 3. The second-order valence-corrected chi connectivity index (χ2v) is 9.52. The molecule has 1 saturated heterocycles. The molecule has 0 spiro atoms. The van der Waals surface area contributed by atoms with Crippen molar-refractivity contribution in [2.24, 2.45) is 5.92 Å². The fraction of sp³-hybridized carbons (Fsp3) is 0.556. The van der Waals surface area contributed by atoms with Crippen molar-refractivity contribution in [3.05, 3.63) is 24.3 Å². The van der Waals surface area contributed by atoms with Gasteiger partial charge in [-0.25, -0.2) is 8.42 Å². The summed E-state index contributed by atoms with van der Waals surface area (Å²) in [6.45, 7) is 4.91. The molecule has 0 aromatic heterocycles. The first-order valence-corrected chi connectivity index (χ1v) is 10.6. The maximum Gasteiger partial charge on any atom is 0.245 e. The summed E-state index contributed by atoms with van der Waals surface area (Å²) in [4.78, 5) is 24.5. The van der Waals surface area contributed by atoms with Crippen LogP contribution in [0.15, 0.2) is 24.3 Å². The van der Waals surface area contributed by atoms with Crippen molar-refractivity contribution in [2.75, 3.05) is 30.0 Å². The van der Waals surface area contributed by atoms with Crippen molar-refractivity contribution < 1.29 is 18.0 Å². The molecule has 152 valence electrons. The SMILES string of the molecule is CC(C)CC(=O)Nc1ccc(NC(=O)C2(S(C)(=O)=O)CCNCC2)cc1.Cl. The average molecular weight is 418 g/mol. The van der Waals surface area contributed by atoms with Crippen LogP contribution < -0.4 is 16.0 Å².